The largest absolute Gasteiger partial charge is 0.497 e. The van der Waals surface area contributed by atoms with E-state index in [1.807, 2.05) is 50.2 Å². The van der Waals surface area contributed by atoms with Crippen molar-refractivity contribution in [2.45, 2.75) is 20.5 Å². The summed E-state index contributed by atoms with van der Waals surface area (Å²) in [6, 6.07) is 12.5. The Kier molecular flexibility index (Phi) is 5.41. The Labute approximate surface area is 156 Å². The maximum Gasteiger partial charge on any atom is 0.336 e. The Morgan fingerprint density at radius 3 is 2.74 bits per heavy atom. The second-order valence-corrected chi connectivity index (χ2v) is 6.19. The molecule has 0 spiro atoms. The van der Waals surface area contributed by atoms with Crippen LogP contribution in [0, 0.1) is 13.8 Å². The number of ether oxygens (including phenoxy) is 2. The quantitative estimate of drug-likeness (QED) is 0.386. The third kappa shape index (κ3) is 4.26. The Morgan fingerprint density at radius 1 is 1.15 bits per heavy atom. The smallest absolute Gasteiger partial charge is 0.336 e. The zero-order chi connectivity index (χ0) is 19.4. The van der Waals surface area contributed by atoms with Crippen molar-refractivity contribution < 1.29 is 18.7 Å². The van der Waals surface area contributed by atoms with E-state index in [0.29, 0.717) is 16.9 Å². The number of methoxy groups -OCH3 is 1. The molecule has 5 heteroatoms. The van der Waals surface area contributed by atoms with Gasteiger partial charge in [-0.05, 0) is 48.7 Å². The van der Waals surface area contributed by atoms with Crippen LogP contribution in [0.4, 0.5) is 0 Å². The van der Waals surface area contributed by atoms with Crippen LogP contribution in [0.5, 0.6) is 5.75 Å². The van der Waals surface area contributed by atoms with Crippen LogP contribution in [0.2, 0.25) is 0 Å². The van der Waals surface area contributed by atoms with E-state index in [1.165, 1.54) is 12.1 Å². The molecule has 0 aliphatic heterocycles. The molecule has 1 heterocycles. The maximum absolute atomic E-state index is 12.0. The Bertz CT molecular complexity index is 1080. The minimum atomic E-state index is -0.497. The van der Waals surface area contributed by atoms with E-state index >= 15 is 0 Å². The van der Waals surface area contributed by atoms with Crippen LogP contribution in [0.3, 0.4) is 0 Å². The summed E-state index contributed by atoms with van der Waals surface area (Å²) >= 11 is 0. The van der Waals surface area contributed by atoms with Crippen LogP contribution >= 0.6 is 0 Å². The maximum atomic E-state index is 12.0. The minimum absolute atomic E-state index is 0.00805. The lowest BCUT2D eigenvalue weighted by Gasteiger charge is -2.09. The molecule has 0 fully saturated rings. The van der Waals surface area contributed by atoms with Crippen molar-refractivity contribution >= 4 is 23.0 Å². The standard InChI is InChI=1S/C22H20O5/c1-14-7-9-19-17(12-21(24)27-22(19)15(14)2)13-26-20(23)10-8-16-5-4-6-18(11-16)25-3/h4-12H,13H2,1-3H3/b10-8+. The first kappa shape index (κ1) is 18.5. The van der Waals surface area contributed by atoms with E-state index in [0.717, 1.165) is 22.1 Å². The molecule has 0 aliphatic rings. The number of aryl methyl sites for hydroxylation is 2. The predicted molar refractivity (Wildman–Crippen MR) is 104 cm³/mol. The van der Waals surface area contributed by atoms with Crippen LogP contribution in [-0.4, -0.2) is 13.1 Å². The van der Waals surface area contributed by atoms with E-state index in [1.54, 1.807) is 13.2 Å². The number of benzene rings is 2. The summed E-state index contributed by atoms with van der Waals surface area (Å²) < 4.78 is 15.8. The summed E-state index contributed by atoms with van der Waals surface area (Å²) in [4.78, 5) is 23.9. The number of carbonyl (C=O) groups is 1. The first-order valence-electron chi connectivity index (χ1n) is 8.50. The van der Waals surface area contributed by atoms with Crippen molar-refractivity contribution in [2.75, 3.05) is 7.11 Å². The molecule has 0 amide bonds. The van der Waals surface area contributed by atoms with Crippen molar-refractivity contribution in [3.05, 3.63) is 81.2 Å². The van der Waals surface area contributed by atoms with Crippen LogP contribution in [0.25, 0.3) is 17.0 Å². The van der Waals surface area contributed by atoms with Crippen molar-refractivity contribution in [2.24, 2.45) is 0 Å². The number of hydrogen-bond acceptors (Lipinski definition) is 5. The first-order chi connectivity index (χ1) is 13.0. The molecule has 0 N–H and O–H groups in total. The second kappa shape index (κ2) is 7.91. The van der Waals surface area contributed by atoms with E-state index in [9.17, 15) is 9.59 Å². The monoisotopic (exact) mass is 364 g/mol. The van der Waals surface area contributed by atoms with Gasteiger partial charge in [0.15, 0.2) is 0 Å². The lowest BCUT2D eigenvalue weighted by atomic mass is 10.0. The Balaban J connectivity index is 1.76. The number of esters is 1. The van der Waals surface area contributed by atoms with Gasteiger partial charge in [-0.25, -0.2) is 9.59 Å². The number of fused-ring (bicyclic) bond motifs is 1. The molecule has 1 aromatic heterocycles. The van der Waals surface area contributed by atoms with Crippen LogP contribution in [-0.2, 0) is 16.1 Å². The fourth-order valence-corrected chi connectivity index (χ4v) is 2.75. The molecular weight excluding hydrogens is 344 g/mol. The van der Waals surface area contributed by atoms with Crippen LogP contribution < -0.4 is 10.4 Å². The van der Waals surface area contributed by atoms with Gasteiger partial charge in [-0.1, -0.05) is 24.3 Å². The summed E-state index contributed by atoms with van der Waals surface area (Å²) in [5.74, 6) is 0.210. The van der Waals surface area contributed by atoms with Gasteiger partial charge in [0.05, 0.1) is 7.11 Å². The number of carbonyl (C=O) groups excluding carboxylic acids is 1. The van der Waals surface area contributed by atoms with Gasteiger partial charge in [-0.2, -0.15) is 0 Å². The zero-order valence-corrected chi connectivity index (χ0v) is 15.4. The van der Waals surface area contributed by atoms with Crippen LogP contribution in [0.1, 0.15) is 22.3 Å². The minimum Gasteiger partial charge on any atom is -0.497 e. The van der Waals surface area contributed by atoms with Crippen molar-refractivity contribution in [3.8, 4) is 5.75 Å². The summed E-state index contributed by atoms with van der Waals surface area (Å²) in [7, 11) is 1.58. The molecular formula is C22H20O5. The summed E-state index contributed by atoms with van der Waals surface area (Å²) in [6.07, 6.45) is 2.99. The van der Waals surface area contributed by atoms with Crippen molar-refractivity contribution in [1.82, 2.24) is 0 Å². The van der Waals surface area contributed by atoms with Crippen molar-refractivity contribution in [1.29, 1.82) is 0 Å². The van der Waals surface area contributed by atoms with Crippen molar-refractivity contribution in [3.63, 3.8) is 0 Å². The zero-order valence-electron chi connectivity index (χ0n) is 15.4. The van der Waals surface area contributed by atoms with Gasteiger partial charge in [0.1, 0.15) is 17.9 Å². The summed E-state index contributed by atoms with van der Waals surface area (Å²) in [5, 5.41) is 0.766. The van der Waals surface area contributed by atoms with E-state index < -0.39 is 11.6 Å². The lowest BCUT2D eigenvalue weighted by molar-refractivity contribution is -0.138. The highest BCUT2D eigenvalue weighted by molar-refractivity contribution is 5.88. The predicted octanol–water partition coefficient (Wildman–Crippen LogP) is 4.18. The summed E-state index contributed by atoms with van der Waals surface area (Å²) in [5.41, 5.74) is 3.43. The molecule has 0 bridgehead atoms. The molecule has 0 radical (unpaired) electrons. The third-order valence-electron chi connectivity index (χ3n) is 4.39. The molecule has 3 rings (SSSR count). The molecule has 0 atom stereocenters. The molecule has 0 saturated carbocycles. The van der Waals surface area contributed by atoms with Crippen LogP contribution in [0.15, 0.2) is 57.8 Å². The SMILES string of the molecule is COc1cccc(/C=C/C(=O)OCc2cc(=O)oc3c(C)c(C)ccc23)c1. The molecule has 5 nitrogen and oxygen atoms in total. The van der Waals surface area contributed by atoms with E-state index in [4.69, 9.17) is 13.9 Å². The second-order valence-electron chi connectivity index (χ2n) is 6.19. The highest BCUT2D eigenvalue weighted by Gasteiger charge is 2.10. The molecule has 0 unspecified atom stereocenters. The molecule has 138 valence electrons. The Morgan fingerprint density at radius 2 is 1.96 bits per heavy atom. The summed E-state index contributed by atoms with van der Waals surface area (Å²) in [6.45, 7) is 3.84. The molecule has 0 saturated heterocycles. The lowest BCUT2D eigenvalue weighted by Crippen LogP contribution is -2.06. The fourth-order valence-electron chi connectivity index (χ4n) is 2.75. The van der Waals surface area contributed by atoms with Gasteiger partial charge in [-0.3, -0.25) is 0 Å². The van der Waals surface area contributed by atoms with Gasteiger partial charge >= 0.3 is 11.6 Å². The molecule has 3 aromatic rings. The van der Waals surface area contributed by atoms with E-state index in [-0.39, 0.29) is 6.61 Å². The normalized spacial score (nSPS) is 11.1. The van der Waals surface area contributed by atoms with Gasteiger partial charge in [0.2, 0.25) is 0 Å². The highest BCUT2D eigenvalue weighted by Crippen LogP contribution is 2.23. The first-order valence-corrected chi connectivity index (χ1v) is 8.50. The fraction of sp³-hybridized carbons (Fsp3) is 0.182. The van der Waals surface area contributed by atoms with Gasteiger partial charge in [-0.15, -0.1) is 0 Å². The molecule has 27 heavy (non-hydrogen) atoms. The Hall–Kier alpha value is -3.34. The van der Waals surface area contributed by atoms with E-state index in [2.05, 4.69) is 0 Å². The van der Waals surface area contributed by atoms with Gasteiger partial charge in [0, 0.05) is 23.1 Å². The molecule has 0 aliphatic carbocycles. The van der Waals surface area contributed by atoms with Gasteiger partial charge < -0.3 is 13.9 Å². The average molecular weight is 364 g/mol. The average Bonchev–Trinajstić information content (AvgIpc) is 2.67. The highest BCUT2D eigenvalue weighted by atomic mass is 16.5. The topological polar surface area (TPSA) is 65.7 Å². The number of hydrogen-bond donors (Lipinski definition) is 0. The third-order valence-corrected chi connectivity index (χ3v) is 4.39. The number of rotatable bonds is 5. The van der Waals surface area contributed by atoms with Gasteiger partial charge in [0.25, 0.3) is 0 Å². The molecule has 2 aromatic carbocycles.